The van der Waals surface area contributed by atoms with Crippen molar-refractivity contribution < 1.29 is 12.9 Å². The number of nitrogens with zero attached hydrogens (tertiary/aromatic N) is 1. The molecule has 6 rings (SSSR count). The summed E-state index contributed by atoms with van der Waals surface area (Å²) in [6.45, 7) is 0. The van der Waals surface area contributed by atoms with Crippen molar-refractivity contribution in [3.05, 3.63) is 30.0 Å². The second-order valence-corrected chi connectivity index (χ2v) is 9.91. The van der Waals surface area contributed by atoms with Gasteiger partial charge in [-0.15, -0.1) is 0 Å². The molecule has 1 aromatic carbocycles. The Bertz CT molecular complexity index is 851. The van der Waals surface area contributed by atoms with Gasteiger partial charge in [0, 0.05) is 10.9 Å². The molecule has 0 unspecified atom stereocenters. The van der Waals surface area contributed by atoms with E-state index < -0.39 is 10.0 Å². The van der Waals surface area contributed by atoms with Gasteiger partial charge < -0.3 is 4.52 Å². The van der Waals surface area contributed by atoms with E-state index in [1.54, 1.807) is 0 Å². The number of nitrogens with one attached hydrogen (secondary N) is 1. The van der Waals surface area contributed by atoms with Crippen LogP contribution in [-0.2, 0) is 15.8 Å². The lowest BCUT2D eigenvalue weighted by molar-refractivity contribution is -0.00812. The minimum absolute atomic E-state index is 0.105. The third kappa shape index (κ3) is 2.47. The predicted molar refractivity (Wildman–Crippen MR) is 90.7 cm³/mol. The monoisotopic (exact) mass is 346 g/mol. The predicted octanol–water partition coefficient (Wildman–Crippen LogP) is 3.22. The van der Waals surface area contributed by atoms with Crippen LogP contribution in [-0.4, -0.2) is 19.1 Å². The van der Waals surface area contributed by atoms with E-state index in [4.69, 9.17) is 4.52 Å². The number of para-hydroxylation sites is 1. The molecule has 2 aromatic rings. The summed E-state index contributed by atoms with van der Waals surface area (Å²) in [5.74, 6) is 2.04. The quantitative estimate of drug-likeness (QED) is 0.922. The van der Waals surface area contributed by atoms with E-state index in [-0.39, 0.29) is 11.3 Å². The smallest absolute Gasteiger partial charge is 0.218 e. The standard InChI is InChI=1S/C18H22N2O3S/c21-24(22,11-16-15-3-1-2-4-17(15)23-19-16)20-18-8-12-5-13(9-18)7-14(6-12)10-18/h1-4,12-14,20H,5-11H2. The Morgan fingerprint density at radius 2 is 1.71 bits per heavy atom. The molecule has 4 aliphatic carbocycles. The van der Waals surface area contributed by atoms with Gasteiger partial charge in [0.25, 0.3) is 0 Å². The summed E-state index contributed by atoms with van der Waals surface area (Å²) in [6, 6.07) is 7.41. The first-order valence-corrected chi connectivity index (χ1v) is 10.5. The van der Waals surface area contributed by atoms with Crippen molar-refractivity contribution in [2.45, 2.75) is 49.8 Å². The van der Waals surface area contributed by atoms with Gasteiger partial charge in [-0.25, -0.2) is 13.1 Å². The van der Waals surface area contributed by atoms with Crippen LogP contribution in [0.5, 0.6) is 0 Å². The van der Waals surface area contributed by atoms with Crippen LogP contribution < -0.4 is 4.72 Å². The van der Waals surface area contributed by atoms with Gasteiger partial charge in [-0.05, 0) is 68.4 Å². The molecule has 6 heteroatoms. The van der Waals surface area contributed by atoms with Crippen LogP contribution in [0.15, 0.2) is 28.8 Å². The highest BCUT2D eigenvalue weighted by Gasteiger charge is 2.52. The molecule has 4 saturated carbocycles. The van der Waals surface area contributed by atoms with Crippen molar-refractivity contribution in [1.82, 2.24) is 9.88 Å². The lowest BCUT2D eigenvalue weighted by atomic mass is 9.53. The topological polar surface area (TPSA) is 72.2 Å². The Hall–Kier alpha value is -1.40. The van der Waals surface area contributed by atoms with Crippen molar-refractivity contribution >= 4 is 21.0 Å². The highest BCUT2D eigenvalue weighted by Crippen LogP contribution is 2.55. The fourth-order valence-corrected chi connectivity index (χ4v) is 7.37. The van der Waals surface area contributed by atoms with Gasteiger partial charge in [0.1, 0.15) is 11.4 Å². The minimum atomic E-state index is -3.43. The number of sulfonamides is 1. The molecule has 1 N–H and O–H groups in total. The Morgan fingerprint density at radius 3 is 2.38 bits per heavy atom. The molecular formula is C18H22N2O3S. The number of fused-ring (bicyclic) bond motifs is 1. The van der Waals surface area contributed by atoms with Crippen LogP contribution in [0.3, 0.4) is 0 Å². The third-order valence-corrected chi connectivity index (χ3v) is 7.59. The van der Waals surface area contributed by atoms with Gasteiger partial charge in [-0.2, -0.15) is 0 Å². The van der Waals surface area contributed by atoms with Crippen LogP contribution in [0, 0.1) is 17.8 Å². The molecule has 1 aromatic heterocycles. The molecule has 0 amide bonds. The summed E-state index contributed by atoms with van der Waals surface area (Å²) in [5, 5.41) is 4.77. The maximum Gasteiger partial charge on any atom is 0.218 e. The van der Waals surface area contributed by atoms with E-state index in [9.17, 15) is 8.42 Å². The van der Waals surface area contributed by atoms with Crippen LogP contribution >= 0.6 is 0 Å². The average molecular weight is 346 g/mol. The summed E-state index contributed by atoms with van der Waals surface area (Å²) in [6.07, 6.45) is 6.94. The lowest BCUT2D eigenvalue weighted by Crippen LogP contribution is -2.59. The molecule has 24 heavy (non-hydrogen) atoms. The average Bonchev–Trinajstić information content (AvgIpc) is 2.87. The normalized spacial score (nSPS) is 34.9. The molecule has 4 bridgehead atoms. The first kappa shape index (κ1) is 14.9. The van der Waals surface area contributed by atoms with E-state index in [2.05, 4.69) is 9.88 Å². The maximum atomic E-state index is 12.8. The Kier molecular flexibility index (Phi) is 3.14. The van der Waals surface area contributed by atoms with Gasteiger partial charge in [0.2, 0.25) is 10.0 Å². The minimum Gasteiger partial charge on any atom is -0.356 e. The Morgan fingerprint density at radius 1 is 1.08 bits per heavy atom. The zero-order valence-corrected chi connectivity index (χ0v) is 14.4. The van der Waals surface area contributed by atoms with E-state index in [1.807, 2.05) is 24.3 Å². The number of benzene rings is 1. The van der Waals surface area contributed by atoms with Gasteiger partial charge >= 0.3 is 0 Å². The molecule has 5 nitrogen and oxygen atoms in total. The highest BCUT2D eigenvalue weighted by atomic mass is 32.2. The van der Waals surface area contributed by atoms with Crippen LogP contribution in [0.25, 0.3) is 11.0 Å². The van der Waals surface area contributed by atoms with Gasteiger partial charge in [0.15, 0.2) is 5.58 Å². The molecule has 0 spiro atoms. The summed E-state index contributed by atoms with van der Waals surface area (Å²) < 4.78 is 34.0. The van der Waals surface area contributed by atoms with Crippen molar-refractivity contribution in [3.8, 4) is 0 Å². The van der Waals surface area contributed by atoms with E-state index >= 15 is 0 Å². The second kappa shape index (κ2) is 5.05. The fourth-order valence-electron chi connectivity index (χ4n) is 5.82. The second-order valence-electron chi connectivity index (χ2n) is 8.18. The zero-order chi connectivity index (χ0) is 16.4. The van der Waals surface area contributed by atoms with Crippen molar-refractivity contribution in [2.75, 3.05) is 0 Å². The molecule has 4 aliphatic rings. The number of hydrogen-bond donors (Lipinski definition) is 1. The SMILES string of the molecule is O=S(=O)(Cc1noc2ccccc12)NC12CC3CC(CC(C3)C1)C2. The molecule has 0 atom stereocenters. The molecular weight excluding hydrogens is 324 g/mol. The van der Waals surface area contributed by atoms with Crippen molar-refractivity contribution in [3.63, 3.8) is 0 Å². The summed E-state index contributed by atoms with van der Waals surface area (Å²) in [7, 11) is -3.43. The molecule has 0 aliphatic heterocycles. The largest absolute Gasteiger partial charge is 0.356 e. The summed E-state index contributed by atoms with van der Waals surface area (Å²) in [4.78, 5) is 0. The molecule has 0 saturated heterocycles. The number of hydrogen-bond acceptors (Lipinski definition) is 4. The molecule has 128 valence electrons. The van der Waals surface area contributed by atoms with E-state index in [1.165, 1.54) is 19.3 Å². The summed E-state index contributed by atoms with van der Waals surface area (Å²) in [5.41, 5.74) is 0.938. The van der Waals surface area contributed by atoms with Gasteiger partial charge in [-0.3, -0.25) is 0 Å². The van der Waals surface area contributed by atoms with Gasteiger partial charge in [0.05, 0.1) is 0 Å². The first-order chi connectivity index (χ1) is 11.5. The molecule has 1 heterocycles. The van der Waals surface area contributed by atoms with E-state index in [0.29, 0.717) is 29.0 Å². The molecule has 0 radical (unpaired) electrons. The summed E-state index contributed by atoms with van der Waals surface area (Å²) >= 11 is 0. The van der Waals surface area contributed by atoms with E-state index in [0.717, 1.165) is 24.6 Å². The fraction of sp³-hybridized carbons (Fsp3) is 0.611. The van der Waals surface area contributed by atoms with Crippen LogP contribution in [0.4, 0.5) is 0 Å². The van der Waals surface area contributed by atoms with Gasteiger partial charge in [-0.1, -0.05) is 17.3 Å². The Labute approximate surface area is 141 Å². The maximum absolute atomic E-state index is 12.8. The number of aromatic nitrogens is 1. The van der Waals surface area contributed by atoms with Crippen molar-refractivity contribution in [2.24, 2.45) is 17.8 Å². The highest BCUT2D eigenvalue weighted by molar-refractivity contribution is 7.88. The lowest BCUT2D eigenvalue weighted by Gasteiger charge is -2.56. The Balaban J connectivity index is 1.40. The first-order valence-electron chi connectivity index (χ1n) is 8.85. The third-order valence-electron chi connectivity index (χ3n) is 6.19. The van der Waals surface area contributed by atoms with Crippen molar-refractivity contribution in [1.29, 1.82) is 0 Å². The van der Waals surface area contributed by atoms with Crippen LogP contribution in [0.1, 0.15) is 44.2 Å². The number of rotatable bonds is 4. The molecule has 4 fully saturated rings. The van der Waals surface area contributed by atoms with Crippen LogP contribution in [0.2, 0.25) is 0 Å². The zero-order valence-electron chi connectivity index (χ0n) is 13.6.